The maximum absolute atomic E-state index is 11.0. The highest BCUT2D eigenvalue weighted by atomic mass is 32.1. The number of carbonyl (C=O) groups excluding carboxylic acids is 1. The Morgan fingerprint density at radius 2 is 2.08 bits per heavy atom. The Balaban J connectivity index is 3.72. The van der Waals surface area contributed by atoms with Crippen molar-refractivity contribution in [2.24, 2.45) is 0 Å². The van der Waals surface area contributed by atoms with Crippen molar-refractivity contribution >= 4 is 31.0 Å². The van der Waals surface area contributed by atoms with Crippen LogP contribution in [0.1, 0.15) is 13.3 Å². The zero-order valence-electron chi connectivity index (χ0n) is 7.12. The molecular weight excluding hydrogens is 192 g/mol. The molecule has 0 saturated carbocycles. The van der Waals surface area contributed by atoms with Crippen molar-refractivity contribution in [3.8, 4) is 0 Å². The number of hydrogen-bond donors (Lipinski definition) is 2. The summed E-state index contributed by atoms with van der Waals surface area (Å²) < 4.78 is 5.15. The summed E-state index contributed by atoms with van der Waals surface area (Å²) in [6, 6.07) is 0. The van der Waals surface area contributed by atoms with E-state index in [1.165, 1.54) is 6.08 Å². The van der Waals surface area contributed by atoms with Crippen LogP contribution in [0, 0.1) is 0 Å². The molecule has 2 nitrogen and oxygen atoms in total. The number of ketones is 1. The van der Waals surface area contributed by atoms with E-state index in [2.05, 4.69) is 25.3 Å². The number of ether oxygens (including phenoxy) is 1. The first kappa shape index (κ1) is 11.9. The van der Waals surface area contributed by atoms with Crippen LogP contribution in [0.4, 0.5) is 0 Å². The summed E-state index contributed by atoms with van der Waals surface area (Å²) in [6.07, 6.45) is 1.96. The molecule has 0 rings (SSSR count). The highest BCUT2D eigenvalue weighted by Gasteiger charge is 1.97. The minimum atomic E-state index is 0.0571. The molecule has 0 heterocycles. The summed E-state index contributed by atoms with van der Waals surface area (Å²) >= 11 is 7.93. The number of hydrogen-bond acceptors (Lipinski definition) is 4. The van der Waals surface area contributed by atoms with Crippen LogP contribution in [0.5, 0.6) is 0 Å². The van der Waals surface area contributed by atoms with Gasteiger partial charge < -0.3 is 4.74 Å². The smallest absolute Gasteiger partial charge is 0.159 e. The average molecular weight is 206 g/mol. The van der Waals surface area contributed by atoms with E-state index in [0.717, 1.165) is 0 Å². The van der Waals surface area contributed by atoms with Crippen LogP contribution >= 0.6 is 25.3 Å². The fourth-order valence-electron chi connectivity index (χ4n) is 0.657. The van der Waals surface area contributed by atoms with Crippen LogP contribution in [0.3, 0.4) is 0 Å². The third-order valence-electron chi connectivity index (χ3n) is 1.14. The lowest BCUT2D eigenvalue weighted by Crippen LogP contribution is -1.98. The number of carbonyl (C=O) groups is 1. The molecule has 12 heavy (non-hydrogen) atoms. The number of thiol groups is 2. The zero-order chi connectivity index (χ0) is 9.40. The van der Waals surface area contributed by atoms with Gasteiger partial charge in [0.2, 0.25) is 0 Å². The Bertz CT molecular complexity index is 166. The molecule has 0 aliphatic rings. The Labute approximate surface area is 84.2 Å². The summed E-state index contributed by atoms with van der Waals surface area (Å²) in [7, 11) is 0. The highest BCUT2D eigenvalue weighted by molar-refractivity contribution is 7.80. The van der Waals surface area contributed by atoms with Crippen molar-refractivity contribution in [2.75, 3.05) is 18.1 Å². The van der Waals surface area contributed by atoms with Gasteiger partial charge in [0.1, 0.15) is 0 Å². The Morgan fingerprint density at radius 1 is 1.42 bits per heavy atom. The highest BCUT2D eigenvalue weighted by Crippen LogP contribution is 1.98. The summed E-state index contributed by atoms with van der Waals surface area (Å²) in [6.45, 7) is 2.31. The second kappa shape index (κ2) is 7.55. The predicted octanol–water partition coefficient (Wildman–Crippen LogP) is 1.73. The topological polar surface area (TPSA) is 26.3 Å². The first-order chi connectivity index (χ1) is 5.70. The molecule has 0 spiro atoms. The standard InChI is InChI=1S/C8H14O2S2/c1-7(10-3-5-12)6-8(9)2-4-11/h6,11-12H,2-5H2,1H3. The fraction of sp³-hybridized carbons (Fsp3) is 0.625. The molecule has 0 N–H and O–H groups in total. The third-order valence-corrected chi connectivity index (χ3v) is 1.55. The molecule has 0 amide bonds. The van der Waals surface area contributed by atoms with Crippen LogP contribution in [-0.2, 0) is 9.53 Å². The molecule has 4 heteroatoms. The monoisotopic (exact) mass is 206 g/mol. The van der Waals surface area contributed by atoms with Gasteiger partial charge in [-0.2, -0.15) is 25.3 Å². The fourth-order valence-corrected chi connectivity index (χ4v) is 0.969. The van der Waals surface area contributed by atoms with Crippen molar-refractivity contribution < 1.29 is 9.53 Å². The molecule has 0 bridgehead atoms. The molecular formula is C8H14O2S2. The Kier molecular flexibility index (Phi) is 7.50. The van der Waals surface area contributed by atoms with E-state index in [4.69, 9.17) is 4.74 Å². The van der Waals surface area contributed by atoms with Gasteiger partial charge >= 0.3 is 0 Å². The van der Waals surface area contributed by atoms with Crippen molar-refractivity contribution in [1.29, 1.82) is 0 Å². The Morgan fingerprint density at radius 3 is 2.58 bits per heavy atom. The lowest BCUT2D eigenvalue weighted by Gasteiger charge is -2.02. The maximum Gasteiger partial charge on any atom is 0.159 e. The van der Waals surface area contributed by atoms with E-state index in [0.29, 0.717) is 30.3 Å². The molecule has 0 saturated heterocycles. The largest absolute Gasteiger partial charge is 0.497 e. The quantitative estimate of drug-likeness (QED) is 0.393. The minimum absolute atomic E-state index is 0.0571. The van der Waals surface area contributed by atoms with E-state index in [9.17, 15) is 4.79 Å². The second-order valence-corrected chi connectivity index (χ2v) is 3.16. The lowest BCUT2D eigenvalue weighted by molar-refractivity contribution is -0.114. The van der Waals surface area contributed by atoms with Gasteiger partial charge in [0, 0.05) is 18.2 Å². The number of rotatable bonds is 6. The number of allylic oxidation sites excluding steroid dienone is 2. The molecule has 70 valence electrons. The minimum Gasteiger partial charge on any atom is -0.497 e. The van der Waals surface area contributed by atoms with Crippen molar-refractivity contribution in [3.05, 3.63) is 11.8 Å². The summed E-state index contributed by atoms with van der Waals surface area (Å²) in [5, 5.41) is 0. The zero-order valence-corrected chi connectivity index (χ0v) is 8.91. The summed E-state index contributed by atoms with van der Waals surface area (Å²) in [4.78, 5) is 11.0. The van der Waals surface area contributed by atoms with Crippen LogP contribution < -0.4 is 0 Å². The van der Waals surface area contributed by atoms with Crippen molar-refractivity contribution in [3.63, 3.8) is 0 Å². The SMILES string of the molecule is CC(=CC(=O)CCS)OCCS. The van der Waals surface area contributed by atoms with Gasteiger partial charge in [-0.05, 0) is 12.7 Å². The molecule has 0 unspecified atom stereocenters. The normalized spacial score (nSPS) is 11.4. The van der Waals surface area contributed by atoms with E-state index >= 15 is 0 Å². The molecule has 0 radical (unpaired) electrons. The van der Waals surface area contributed by atoms with Crippen LogP contribution in [0.25, 0.3) is 0 Å². The summed E-state index contributed by atoms with van der Waals surface area (Å²) in [5.74, 6) is 1.94. The van der Waals surface area contributed by atoms with E-state index in [1.54, 1.807) is 6.92 Å². The van der Waals surface area contributed by atoms with Gasteiger partial charge in [0.25, 0.3) is 0 Å². The molecule has 0 atom stereocenters. The molecule has 0 aromatic heterocycles. The van der Waals surface area contributed by atoms with E-state index in [-0.39, 0.29) is 5.78 Å². The van der Waals surface area contributed by atoms with Gasteiger partial charge in [-0.3, -0.25) is 4.79 Å². The van der Waals surface area contributed by atoms with Gasteiger partial charge in [-0.1, -0.05) is 0 Å². The van der Waals surface area contributed by atoms with Gasteiger partial charge in [0.15, 0.2) is 5.78 Å². The molecule has 0 aromatic rings. The molecule has 0 aromatic carbocycles. The van der Waals surface area contributed by atoms with Crippen LogP contribution in [0.2, 0.25) is 0 Å². The summed E-state index contributed by atoms with van der Waals surface area (Å²) in [5.41, 5.74) is 0. The average Bonchev–Trinajstić information content (AvgIpc) is 2.01. The predicted molar refractivity (Wildman–Crippen MR) is 57.0 cm³/mol. The van der Waals surface area contributed by atoms with Crippen molar-refractivity contribution in [1.82, 2.24) is 0 Å². The van der Waals surface area contributed by atoms with Crippen LogP contribution in [-0.4, -0.2) is 23.9 Å². The van der Waals surface area contributed by atoms with Gasteiger partial charge in [-0.25, -0.2) is 0 Å². The molecule has 0 aliphatic carbocycles. The lowest BCUT2D eigenvalue weighted by atomic mass is 10.3. The Hall–Kier alpha value is -0.0900. The van der Waals surface area contributed by atoms with E-state index < -0.39 is 0 Å². The third kappa shape index (κ3) is 6.61. The van der Waals surface area contributed by atoms with Crippen LogP contribution in [0.15, 0.2) is 11.8 Å². The molecule has 0 aliphatic heterocycles. The molecule has 0 fully saturated rings. The first-order valence-corrected chi connectivity index (χ1v) is 5.03. The van der Waals surface area contributed by atoms with Gasteiger partial charge in [-0.15, -0.1) is 0 Å². The maximum atomic E-state index is 11.0. The first-order valence-electron chi connectivity index (χ1n) is 3.76. The van der Waals surface area contributed by atoms with E-state index in [1.807, 2.05) is 0 Å². The van der Waals surface area contributed by atoms with Crippen molar-refractivity contribution in [2.45, 2.75) is 13.3 Å². The van der Waals surface area contributed by atoms with Gasteiger partial charge in [0.05, 0.1) is 12.4 Å². The second-order valence-electron chi connectivity index (χ2n) is 2.27.